The minimum atomic E-state index is -0.943. The van der Waals surface area contributed by atoms with Crippen molar-refractivity contribution in [1.29, 1.82) is 0 Å². The van der Waals surface area contributed by atoms with E-state index in [4.69, 9.17) is 18.9 Å². The summed E-state index contributed by atoms with van der Waals surface area (Å²) in [7, 11) is 0. The molecule has 8 heteroatoms. The Morgan fingerprint density at radius 1 is 1.33 bits per heavy atom. The number of aliphatic hydroxyl groups is 1. The molecule has 1 fully saturated rings. The van der Waals surface area contributed by atoms with Gasteiger partial charge in [0.05, 0.1) is 6.10 Å². The average molecular weight is 342 g/mol. The highest BCUT2D eigenvalue weighted by Crippen LogP contribution is 2.35. The van der Waals surface area contributed by atoms with Gasteiger partial charge in [-0.25, -0.2) is 4.79 Å². The van der Waals surface area contributed by atoms with E-state index in [1.807, 2.05) is 0 Å². The maximum Gasteiger partial charge on any atom is 0.330 e. The zero-order chi connectivity index (χ0) is 17.9. The Balaban J connectivity index is 1.89. The normalized spacial score (nSPS) is 29.2. The van der Waals surface area contributed by atoms with Gasteiger partial charge in [-0.1, -0.05) is 6.08 Å². The Morgan fingerprint density at radius 2 is 2.00 bits per heavy atom. The molecule has 6 atom stereocenters. The third-order valence-electron chi connectivity index (χ3n) is 3.86. The first-order valence-corrected chi connectivity index (χ1v) is 7.83. The Bertz CT molecular complexity index is 528. The number of ether oxygens (including phenoxy) is 4. The van der Waals surface area contributed by atoms with Gasteiger partial charge in [-0.05, 0) is 6.92 Å². The molecule has 0 aliphatic carbocycles. The van der Waals surface area contributed by atoms with Crippen LogP contribution in [0.15, 0.2) is 12.2 Å². The van der Waals surface area contributed by atoms with Crippen LogP contribution < -0.4 is 0 Å². The maximum absolute atomic E-state index is 11.2. The smallest absolute Gasteiger partial charge is 0.330 e. The van der Waals surface area contributed by atoms with E-state index < -0.39 is 54.5 Å². The molecule has 0 aromatic rings. The van der Waals surface area contributed by atoms with Gasteiger partial charge >= 0.3 is 17.9 Å². The topological polar surface area (TPSA) is 112 Å². The second-order valence-electron chi connectivity index (χ2n) is 5.94. The lowest BCUT2D eigenvalue weighted by Crippen LogP contribution is -2.37. The zero-order valence-electron chi connectivity index (χ0n) is 13.8. The number of carbonyl (C=O) groups is 3. The number of cyclic esters (lactones) is 1. The van der Waals surface area contributed by atoms with Gasteiger partial charge in [0.2, 0.25) is 0 Å². The summed E-state index contributed by atoms with van der Waals surface area (Å²) in [5.74, 6) is -1.47. The van der Waals surface area contributed by atoms with Gasteiger partial charge in [0.25, 0.3) is 0 Å². The number of aliphatic hydroxyl groups excluding tert-OH is 1. The standard InChI is InChI=1S/C16H22O8/c1-8(21-9(2)17)13(22-10(3)18)7-11(19)15-16(24-15)12-5-4-6-14(20)23-12/h4,6,8,11-13,15-16,19H,5,7H2,1-3H3/t8-,11?,12+,13-,15+,16-/m0/s1. The van der Waals surface area contributed by atoms with E-state index >= 15 is 0 Å². The fourth-order valence-corrected chi connectivity index (χ4v) is 2.74. The van der Waals surface area contributed by atoms with E-state index in [1.165, 1.54) is 19.9 Å². The van der Waals surface area contributed by atoms with E-state index in [-0.39, 0.29) is 6.42 Å². The van der Waals surface area contributed by atoms with E-state index in [9.17, 15) is 19.5 Å². The van der Waals surface area contributed by atoms with Gasteiger partial charge in [-0.3, -0.25) is 9.59 Å². The lowest BCUT2D eigenvalue weighted by molar-refractivity contribution is -0.166. The number of epoxide rings is 1. The quantitative estimate of drug-likeness (QED) is 0.398. The van der Waals surface area contributed by atoms with E-state index in [2.05, 4.69) is 0 Å². The predicted octanol–water partition coefficient (Wildman–Crippen LogP) is 0.260. The second-order valence-corrected chi connectivity index (χ2v) is 5.94. The Hall–Kier alpha value is -1.93. The van der Waals surface area contributed by atoms with E-state index in [0.29, 0.717) is 6.42 Å². The molecular formula is C16H22O8. The molecule has 134 valence electrons. The van der Waals surface area contributed by atoms with Crippen molar-refractivity contribution in [3.63, 3.8) is 0 Å². The van der Waals surface area contributed by atoms with E-state index in [1.54, 1.807) is 13.0 Å². The van der Waals surface area contributed by atoms with Gasteiger partial charge in [0.15, 0.2) is 0 Å². The summed E-state index contributed by atoms with van der Waals surface area (Å²) in [4.78, 5) is 33.5. The van der Waals surface area contributed by atoms with Crippen LogP contribution in [0.5, 0.6) is 0 Å². The largest absolute Gasteiger partial charge is 0.459 e. The molecule has 8 nitrogen and oxygen atoms in total. The van der Waals surface area contributed by atoms with Crippen LogP contribution in [0.4, 0.5) is 0 Å². The average Bonchev–Trinajstić information content (AvgIpc) is 3.25. The van der Waals surface area contributed by atoms with Crippen molar-refractivity contribution >= 4 is 17.9 Å². The van der Waals surface area contributed by atoms with Crippen LogP contribution in [0, 0.1) is 0 Å². The molecule has 0 bridgehead atoms. The molecular weight excluding hydrogens is 320 g/mol. The maximum atomic E-state index is 11.2. The third-order valence-corrected chi connectivity index (χ3v) is 3.86. The Morgan fingerprint density at radius 3 is 2.58 bits per heavy atom. The van der Waals surface area contributed by atoms with Crippen molar-refractivity contribution in [1.82, 2.24) is 0 Å². The molecule has 0 amide bonds. The number of hydrogen-bond acceptors (Lipinski definition) is 8. The van der Waals surface area contributed by atoms with Crippen molar-refractivity contribution < 1.29 is 38.4 Å². The molecule has 1 N–H and O–H groups in total. The molecule has 0 aromatic carbocycles. The molecule has 2 aliphatic heterocycles. The summed E-state index contributed by atoms with van der Waals surface area (Å²) in [5.41, 5.74) is 0. The number of esters is 3. The summed E-state index contributed by atoms with van der Waals surface area (Å²) in [5, 5.41) is 10.3. The molecule has 2 heterocycles. The van der Waals surface area contributed by atoms with Gasteiger partial charge < -0.3 is 24.1 Å². The lowest BCUT2D eigenvalue weighted by Gasteiger charge is -2.25. The number of rotatable bonds is 7. The van der Waals surface area contributed by atoms with Crippen LogP contribution in [0.3, 0.4) is 0 Å². The molecule has 1 unspecified atom stereocenters. The third kappa shape index (κ3) is 5.04. The summed E-state index contributed by atoms with van der Waals surface area (Å²) < 4.78 is 20.7. The van der Waals surface area contributed by atoms with Crippen LogP contribution >= 0.6 is 0 Å². The molecule has 0 saturated carbocycles. The van der Waals surface area contributed by atoms with Crippen molar-refractivity contribution in [3.8, 4) is 0 Å². The summed E-state index contributed by atoms with van der Waals surface area (Å²) in [6.45, 7) is 4.08. The first-order chi connectivity index (χ1) is 11.3. The van der Waals surface area contributed by atoms with Crippen LogP contribution in [-0.2, 0) is 33.3 Å². The highest BCUT2D eigenvalue weighted by Gasteiger charge is 2.51. The number of hydrogen-bond donors (Lipinski definition) is 1. The van der Waals surface area contributed by atoms with Crippen LogP contribution in [0.2, 0.25) is 0 Å². The van der Waals surface area contributed by atoms with Crippen LogP contribution in [0.25, 0.3) is 0 Å². The number of carbonyl (C=O) groups excluding carboxylic acids is 3. The van der Waals surface area contributed by atoms with Gasteiger partial charge in [-0.15, -0.1) is 0 Å². The lowest BCUT2D eigenvalue weighted by atomic mass is 10.00. The van der Waals surface area contributed by atoms with Gasteiger partial charge in [-0.2, -0.15) is 0 Å². The SMILES string of the molecule is CC(=O)O[C@@H](C)[C@H](CC(O)[C@H]1O[C@H]1[C@H]1CC=CC(=O)O1)OC(C)=O. The zero-order valence-corrected chi connectivity index (χ0v) is 13.8. The Kier molecular flexibility index (Phi) is 5.95. The predicted molar refractivity (Wildman–Crippen MR) is 79.7 cm³/mol. The Labute approximate surface area is 139 Å². The van der Waals surface area contributed by atoms with E-state index in [0.717, 1.165) is 0 Å². The first kappa shape index (κ1) is 18.4. The highest BCUT2D eigenvalue weighted by molar-refractivity contribution is 5.82. The molecule has 24 heavy (non-hydrogen) atoms. The summed E-state index contributed by atoms with van der Waals surface area (Å²) >= 11 is 0. The first-order valence-electron chi connectivity index (χ1n) is 7.83. The van der Waals surface area contributed by atoms with Gasteiger partial charge in [0.1, 0.15) is 30.5 Å². The van der Waals surface area contributed by atoms with Crippen molar-refractivity contribution in [2.45, 2.75) is 70.2 Å². The molecule has 2 aliphatic rings. The van der Waals surface area contributed by atoms with Crippen LogP contribution in [-0.4, -0.2) is 59.6 Å². The summed E-state index contributed by atoms with van der Waals surface area (Å²) in [6, 6.07) is 0. The molecule has 2 rings (SSSR count). The monoisotopic (exact) mass is 342 g/mol. The van der Waals surface area contributed by atoms with Gasteiger partial charge in [0, 0.05) is 32.8 Å². The molecule has 1 saturated heterocycles. The second kappa shape index (κ2) is 7.76. The highest BCUT2D eigenvalue weighted by atomic mass is 16.6. The minimum Gasteiger partial charge on any atom is -0.459 e. The molecule has 0 radical (unpaired) electrons. The fraction of sp³-hybridized carbons (Fsp3) is 0.688. The van der Waals surface area contributed by atoms with Crippen molar-refractivity contribution in [2.24, 2.45) is 0 Å². The fourth-order valence-electron chi connectivity index (χ4n) is 2.74. The van der Waals surface area contributed by atoms with Crippen molar-refractivity contribution in [3.05, 3.63) is 12.2 Å². The van der Waals surface area contributed by atoms with Crippen molar-refractivity contribution in [2.75, 3.05) is 0 Å². The van der Waals surface area contributed by atoms with Crippen LogP contribution in [0.1, 0.15) is 33.6 Å². The molecule has 0 spiro atoms. The summed E-state index contributed by atoms with van der Waals surface area (Å²) in [6.07, 6.45) is -0.153. The minimum absolute atomic E-state index is 0.0473. The molecule has 0 aromatic heterocycles.